The largest absolute Gasteiger partial charge is 0.492 e. The molecule has 3 rings (SSSR count). The number of nitriles is 1. The molecule has 0 saturated carbocycles. The van der Waals surface area contributed by atoms with E-state index >= 15 is 0 Å². The Bertz CT molecular complexity index is 1110. The van der Waals surface area contributed by atoms with Crippen molar-refractivity contribution < 1.29 is 9.53 Å². The SMILES string of the molecule is CCNC(=O)C(C#N)=Cc1cn(-c2ccccc2)nc1-c1ccc(OCC)c(Cl)c1. The van der Waals surface area contributed by atoms with Crippen molar-refractivity contribution in [3.8, 4) is 28.8 Å². The Kier molecular flexibility index (Phi) is 6.89. The Labute approximate surface area is 180 Å². The number of ether oxygens (including phenoxy) is 1. The van der Waals surface area contributed by atoms with Crippen LogP contribution in [0, 0.1) is 11.3 Å². The minimum absolute atomic E-state index is 0.00254. The van der Waals surface area contributed by atoms with Crippen LogP contribution in [0.3, 0.4) is 0 Å². The minimum Gasteiger partial charge on any atom is -0.492 e. The lowest BCUT2D eigenvalue weighted by Gasteiger charge is -2.07. The Morgan fingerprint density at radius 3 is 2.67 bits per heavy atom. The third-order valence-corrected chi connectivity index (χ3v) is 4.57. The standard InChI is InChI=1S/C23H21ClN4O2/c1-3-26-23(29)17(14-25)12-18-15-28(19-8-6-5-7-9-19)27-22(18)16-10-11-21(30-4-2)20(24)13-16/h5-13,15H,3-4H2,1-2H3,(H,26,29). The van der Waals surface area contributed by atoms with Gasteiger partial charge in [-0.25, -0.2) is 4.68 Å². The van der Waals surface area contributed by atoms with E-state index in [1.807, 2.05) is 49.4 Å². The van der Waals surface area contributed by atoms with Crippen molar-refractivity contribution in [1.82, 2.24) is 15.1 Å². The molecule has 1 aromatic heterocycles. The summed E-state index contributed by atoms with van der Waals surface area (Å²) in [5.41, 5.74) is 2.83. The predicted octanol–water partition coefficient (Wildman–Crippen LogP) is 4.63. The molecule has 0 radical (unpaired) electrons. The van der Waals surface area contributed by atoms with Gasteiger partial charge in [0.1, 0.15) is 23.1 Å². The molecule has 0 bridgehead atoms. The van der Waals surface area contributed by atoms with Crippen molar-refractivity contribution in [2.45, 2.75) is 13.8 Å². The van der Waals surface area contributed by atoms with Gasteiger partial charge in [0.25, 0.3) is 5.91 Å². The molecular formula is C23H21ClN4O2. The number of rotatable bonds is 7. The van der Waals surface area contributed by atoms with Crippen molar-refractivity contribution in [1.29, 1.82) is 5.26 Å². The van der Waals surface area contributed by atoms with Crippen molar-refractivity contribution >= 4 is 23.6 Å². The molecule has 0 spiro atoms. The number of nitrogens with zero attached hydrogens (tertiary/aromatic N) is 3. The van der Waals surface area contributed by atoms with E-state index in [1.54, 1.807) is 29.9 Å². The van der Waals surface area contributed by atoms with Crippen LogP contribution in [-0.4, -0.2) is 28.8 Å². The van der Waals surface area contributed by atoms with Crippen LogP contribution in [0.25, 0.3) is 23.0 Å². The van der Waals surface area contributed by atoms with Gasteiger partial charge >= 0.3 is 0 Å². The van der Waals surface area contributed by atoms with Gasteiger partial charge < -0.3 is 10.1 Å². The van der Waals surface area contributed by atoms with Crippen LogP contribution in [0.2, 0.25) is 5.02 Å². The maximum atomic E-state index is 12.2. The fourth-order valence-corrected chi connectivity index (χ4v) is 3.15. The molecule has 0 unspecified atom stereocenters. The third-order valence-electron chi connectivity index (χ3n) is 4.27. The van der Waals surface area contributed by atoms with Crippen molar-refractivity contribution in [3.05, 3.63) is 70.9 Å². The maximum Gasteiger partial charge on any atom is 0.261 e. The molecule has 1 N–H and O–H groups in total. The lowest BCUT2D eigenvalue weighted by molar-refractivity contribution is -0.116. The quantitative estimate of drug-likeness (QED) is 0.446. The summed E-state index contributed by atoms with van der Waals surface area (Å²) in [5, 5.41) is 17.3. The molecule has 0 saturated heterocycles. The summed E-state index contributed by atoms with van der Waals surface area (Å²) in [6.07, 6.45) is 3.32. The lowest BCUT2D eigenvalue weighted by atomic mass is 10.1. The molecule has 6 nitrogen and oxygen atoms in total. The highest BCUT2D eigenvalue weighted by molar-refractivity contribution is 6.32. The normalized spacial score (nSPS) is 11.1. The van der Waals surface area contributed by atoms with E-state index in [4.69, 9.17) is 21.4 Å². The number of para-hydroxylation sites is 1. The van der Waals surface area contributed by atoms with E-state index in [1.165, 1.54) is 6.08 Å². The highest BCUT2D eigenvalue weighted by Gasteiger charge is 2.16. The summed E-state index contributed by atoms with van der Waals surface area (Å²) in [6.45, 7) is 4.63. The van der Waals surface area contributed by atoms with Crippen molar-refractivity contribution in [3.63, 3.8) is 0 Å². The zero-order chi connectivity index (χ0) is 21.5. The molecule has 0 atom stereocenters. The van der Waals surface area contributed by atoms with E-state index in [9.17, 15) is 10.1 Å². The van der Waals surface area contributed by atoms with Crippen molar-refractivity contribution in [2.75, 3.05) is 13.2 Å². The summed E-state index contributed by atoms with van der Waals surface area (Å²) < 4.78 is 7.21. The van der Waals surface area contributed by atoms with Gasteiger partial charge in [0, 0.05) is 23.9 Å². The van der Waals surface area contributed by atoms with Crippen LogP contribution < -0.4 is 10.1 Å². The van der Waals surface area contributed by atoms with Crippen LogP contribution in [0.15, 0.2) is 60.3 Å². The molecule has 30 heavy (non-hydrogen) atoms. The first-order valence-electron chi connectivity index (χ1n) is 9.55. The minimum atomic E-state index is -0.428. The van der Waals surface area contributed by atoms with Gasteiger partial charge in [-0.2, -0.15) is 10.4 Å². The van der Waals surface area contributed by atoms with E-state index in [-0.39, 0.29) is 5.57 Å². The molecular weight excluding hydrogens is 400 g/mol. The number of nitrogens with one attached hydrogen (secondary N) is 1. The summed E-state index contributed by atoms with van der Waals surface area (Å²) in [5.74, 6) is 0.158. The van der Waals surface area contributed by atoms with Crippen LogP contribution >= 0.6 is 11.6 Å². The second kappa shape index (κ2) is 9.77. The predicted molar refractivity (Wildman–Crippen MR) is 117 cm³/mol. The zero-order valence-corrected chi connectivity index (χ0v) is 17.5. The van der Waals surface area contributed by atoms with E-state index in [0.29, 0.717) is 35.2 Å². The topological polar surface area (TPSA) is 79.9 Å². The first-order valence-corrected chi connectivity index (χ1v) is 9.93. The van der Waals surface area contributed by atoms with Crippen molar-refractivity contribution in [2.24, 2.45) is 0 Å². The molecule has 1 amide bonds. The number of likely N-dealkylation sites (N-methyl/N-ethyl adjacent to an activating group) is 1. The molecule has 3 aromatic rings. The summed E-state index contributed by atoms with van der Waals surface area (Å²) in [6, 6.07) is 17.0. The first kappa shape index (κ1) is 21.2. The fraction of sp³-hybridized carbons (Fsp3) is 0.174. The Balaban J connectivity index is 2.13. The number of benzene rings is 2. The summed E-state index contributed by atoms with van der Waals surface area (Å²) in [4.78, 5) is 12.2. The first-order chi connectivity index (χ1) is 14.6. The van der Waals surface area contributed by atoms with Gasteiger partial charge in [0.15, 0.2) is 0 Å². The second-order valence-electron chi connectivity index (χ2n) is 6.32. The number of halogens is 1. The Morgan fingerprint density at radius 1 is 1.27 bits per heavy atom. The fourth-order valence-electron chi connectivity index (χ4n) is 2.91. The molecule has 0 aliphatic heterocycles. The van der Waals surface area contributed by atoms with Gasteiger partial charge in [-0.15, -0.1) is 0 Å². The average molecular weight is 421 g/mol. The highest BCUT2D eigenvalue weighted by Crippen LogP contribution is 2.32. The Hall–Kier alpha value is -3.56. The van der Waals surface area contributed by atoms with Gasteiger partial charge in [-0.05, 0) is 50.3 Å². The third kappa shape index (κ3) is 4.70. The van der Waals surface area contributed by atoms with E-state index < -0.39 is 5.91 Å². The number of amides is 1. The van der Waals surface area contributed by atoms with Gasteiger partial charge in [-0.3, -0.25) is 4.79 Å². The van der Waals surface area contributed by atoms with Crippen LogP contribution in [0.5, 0.6) is 5.75 Å². The summed E-state index contributed by atoms with van der Waals surface area (Å²) >= 11 is 6.37. The molecule has 2 aromatic carbocycles. The average Bonchev–Trinajstić information content (AvgIpc) is 3.18. The number of carbonyl (C=O) groups is 1. The monoisotopic (exact) mass is 420 g/mol. The molecule has 152 valence electrons. The number of aromatic nitrogens is 2. The maximum absolute atomic E-state index is 12.2. The molecule has 0 fully saturated rings. The number of carbonyl (C=O) groups excluding carboxylic acids is 1. The smallest absolute Gasteiger partial charge is 0.261 e. The van der Waals surface area contributed by atoms with Gasteiger partial charge in [-0.1, -0.05) is 29.8 Å². The zero-order valence-electron chi connectivity index (χ0n) is 16.7. The van der Waals surface area contributed by atoms with Crippen LogP contribution in [-0.2, 0) is 4.79 Å². The van der Waals surface area contributed by atoms with Gasteiger partial charge in [0.05, 0.1) is 17.3 Å². The molecule has 1 heterocycles. The molecule has 7 heteroatoms. The van der Waals surface area contributed by atoms with Gasteiger partial charge in [0.2, 0.25) is 0 Å². The lowest BCUT2D eigenvalue weighted by Crippen LogP contribution is -2.23. The Morgan fingerprint density at radius 2 is 2.03 bits per heavy atom. The molecule has 0 aliphatic rings. The van der Waals surface area contributed by atoms with E-state index in [0.717, 1.165) is 11.3 Å². The van der Waals surface area contributed by atoms with Crippen LogP contribution in [0.4, 0.5) is 0 Å². The summed E-state index contributed by atoms with van der Waals surface area (Å²) in [7, 11) is 0. The molecule has 0 aliphatic carbocycles. The number of hydrogen-bond acceptors (Lipinski definition) is 4. The van der Waals surface area contributed by atoms with Crippen LogP contribution in [0.1, 0.15) is 19.4 Å². The number of hydrogen-bond donors (Lipinski definition) is 1. The second-order valence-corrected chi connectivity index (χ2v) is 6.73. The highest BCUT2D eigenvalue weighted by atomic mass is 35.5. The van der Waals surface area contributed by atoms with E-state index in [2.05, 4.69) is 5.32 Å².